The molecule has 188 valence electrons. The molecule has 4 aromatic carbocycles. The highest BCUT2D eigenvalue weighted by Gasteiger charge is 2.02. The Morgan fingerprint density at radius 1 is 0.417 bits per heavy atom. The Hall–Kier alpha value is -3.26. The van der Waals surface area contributed by atoms with Crippen LogP contribution in [0.2, 0.25) is 0 Å². The number of benzene rings is 4. The van der Waals surface area contributed by atoms with E-state index in [-0.39, 0.29) is 0 Å². The maximum Gasteiger partial charge on any atom is 0.0390 e. The summed E-state index contributed by atoms with van der Waals surface area (Å²) in [5.41, 5.74) is 7.35. The summed E-state index contributed by atoms with van der Waals surface area (Å²) in [6.45, 7) is 4.53. The first-order valence-electron chi connectivity index (χ1n) is 14.0. The minimum absolute atomic E-state index is 1.11. The van der Waals surface area contributed by atoms with Gasteiger partial charge in [-0.1, -0.05) is 88.8 Å². The maximum absolute atomic E-state index is 3.58. The van der Waals surface area contributed by atoms with Crippen LogP contribution in [0.15, 0.2) is 84.9 Å². The highest BCUT2D eigenvalue weighted by molar-refractivity contribution is 5.89. The molecule has 2 N–H and O–H groups in total. The summed E-state index contributed by atoms with van der Waals surface area (Å²) in [6.07, 6.45) is 12.8. The highest BCUT2D eigenvalue weighted by atomic mass is 14.9. The standard InChI is InChI=1S/C34H42N2/c1-3-5-7-9-11-27-13-19-31(20-14-27)35-33-23-17-29-18-24-34(26-30(29)25-33)36-32-21-15-28(16-22-32)12-10-8-6-4-2/h13-26,35-36H,3-12H2,1-2H3. The lowest BCUT2D eigenvalue weighted by molar-refractivity contribution is 0.667. The van der Waals surface area contributed by atoms with Gasteiger partial charge >= 0.3 is 0 Å². The number of fused-ring (bicyclic) bond motifs is 1. The molecule has 2 heteroatoms. The van der Waals surface area contributed by atoms with Crippen LogP contribution in [0, 0.1) is 0 Å². The van der Waals surface area contributed by atoms with Gasteiger partial charge < -0.3 is 10.6 Å². The lowest BCUT2D eigenvalue weighted by Crippen LogP contribution is -1.93. The minimum Gasteiger partial charge on any atom is -0.356 e. The SMILES string of the molecule is CCCCCCc1ccc(Nc2ccc3ccc(Nc4ccc(CCCCCC)cc4)cc3c2)cc1. The van der Waals surface area contributed by atoms with Crippen LogP contribution in [0.25, 0.3) is 10.8 Å². The smallest absolute Gasteiger partial charge is 0.0390 e. The Morgan fingerprint density at radius 2 is 0.833 bits per heavy atom. The minimum atomic E-state index is 1.11. The van der Waals surface area contributed by atoms with Gasteiger partial charge in [0.25, 0.3) is 0 Å². The Morgan fingerprint density at radius 3 is 1.25 bits per heavy atom. The predicted molar refractivity (Wildman–Crippen MR) is 159 cm³/mol. The van der Waals surface area contributed by atoms with Crippen molar-refractivity contribution >= 4 is 33.5 Å². The van der Waals surface area contributed by atoms with Crippen molar-refractivity contribution < 1.29 is 0 Å². The van der Waals surface area contributed by atoms with E-state index < -0.39 is 0 Å². The van der Waals surface area contributed by atoms with Gasteiger partial charge in [-0.25, -0.2) is 0 Å². The number of hydrogen-bond donors (Lipinski definition) is 2. The van der Waals surface area contributed by atoms with Crippen molar-refractivity contribution in [2.75, 3.05) is 10.6 Å². The van der Waals surface area contributed by atoms with E-state index in [0.29, 0.717) is 0 Å². The number of rotatable bonds is 14. The first-order chi connectivity index (χ1) is 17.7. The third-order valence-corrected chi connectivity index (χ3v) is 6.96. The van der Waals surface area contributed by atoms with Crippen molar-refractivity contribution in [3.05, 3.63) is 96.1 Å². The molecule has 0 amide bonds. The second kappa shape index (κ2) is 13.7. The molecule has 0 bridgehead atoms. The van der Waals surface area contributed by atoms with E-state index in [2.05, 4.69) is 109 Å². The van der Waals surface area contributed by atoms with Gasteiger partial charge in [-0.05, 0) is 96.1 Å². The molecular weight excluding hydrogens is 436 g/mol. The second-order valence-electron chi connectivity index (χ2n) is 10.0. The lowest BCUT2D eigenvalue weighted by atomic mass is 10.1. The van der Waals surface area contributed by atoms with E-state index >= 15 is 0 Å². The van der Waals surface area contributed by atoms with Gasteiger partial charge in [0.05, 0.1) is 0 Å². The van der Waals surface area contributed by atoms with Gasteiger partial charge in [-0.3, -0.25) is 0 Å². The average Bonchev–Trinajstić information content (AvgIpc) is 2.91. The van der Waals surface area contributed by atoms with Crippen molar-refractivity contribution in [3.63, 3.8) is 0 Å². The third kappa shape index (κ3) is 7.88. The molecule has 2 nitrogen and oxygen atoms in total. The van der Waals surface area contributed by atoms with Crippen LogP contribution in [0.3, 0.4) is 0 Å². The van der Waals surface area contributed by atoms with Crippen molar-refractivity contribution in [2.24, 2.45) is 0 Å². The summed E-state index contributed by atoms with van der Waals surface area (Å²) >= 11 is 0. The molecule has 0 radical (unpaired) electrons. The van der Waals surface area contributed by atoms with E-state index in [1.165, 1.54) is 86.1 Å². The Labute approximate surface area is 218 Å². The normalized spacial score (nSPS) is 11.1. The Balaban J connectivity index is 1.36. The molecule has 0 unspecified atom stereocenters. The fraction of sp³-hybridized carbons (Fsp3) is 0.353. The van der Waals surface area contributed by atoms with Crippen LogP contribution >= 0.6 is 0 Å². The molecule has 0 spiro atoms. The first kappa shape index (κ1) is 25.8. The molecular formula is C34H42N2. The zero-order chi connectivity index (χ0) is 25.0. The average molecular weight is 479 g/mol. The van der Waals surface area contributed by atoms with Crippen LogP contribution in [0.1, 0.15) is 76.3 Å². The molecule has 0 fully saturated rings. The summed E-state index contributed by atoms with van der Waals surface area (Å²) < 4.78 is 0. The van der Waals surface area contributed by atoms with Crippen LogP contribution in [0.4, 0.5) is 22.7 Å². The number of nitrogens with one attached hydrogen (secondary N) is 2. The van der Waals surface area contributed by atoms with Gasteiger partial charge in [-0.15, -0.1) is 0 Å². The summed E-state index contributed by atoms with van der Waals surface area (Å²) in [6, 6.07) is 31.0. The molecule has 0 saturated heterocycles. The summed E-state index contributed by atoms with van der Waals surface area (Å²) in [4.78, 5) is 0. The Kier molecular flexibility index (Phi) is 9.85. The quantitative estimate of drug-likeness (QED) is 0.176. The van der Waals surface area contributed by atoms with E-state index in [9.17, 15) is 0 Å². The Bertz CT molecular complexity index is 1100. The van der Waals surface area contributed by atoms with Crippen molar-refractivity contribution in [3.8, 4) is 0 Å². The molecule has 0 atom stereocenters. The van der Waals surface area contributed by atoms with Gasteiger partial charge in [0.2, 0.25) is 0 Å². The third-order valence-electron chi connectivity index (χ3n) is 6.96. The molecule has 0 heterocycles. The first-order valence-corrected chi connectivity index (χ1v) is 14.0. The molecule has 4 aromatic rings. The van der Waals surface area contributed by atoms with E-state index in [0.717, 1.165) is 22.7 Å². The maximum atomic E-state index is 3.58. The summed E-state index contributed by atoms with van der Waals surface area (Å²) in [5, 5.41) is 9.63. The predicted octanol–water partition coefficient (Wildman–Crippen LogP) is 10.6. The van der Waals surface area contributed by atoms with Gasteiger partial charge in [-0.2, -0.15) is 0 Å². The summed E-state index contributed by atoms with van der Waals surface area (Å²) in [7, 11) is 0. The molecule has 4 rings (SSSR count). The van der Waals surface area contributed by atoms with E-state index in [1.807, 2.05) is 0 Å². The monoisotopic (exact) mass is 478 g/mol. The topological polar surface area (TPSA) is 24.1 Å². The number of anilines is 4. The summed E-state index contributed by atoms with van der Waals surface area (Å²) in [5.74, 6) is 0. The van der Waals surface area contributed by atoms with Gasteiger partial charge in [0.15, 0.2) is 0 Å². The zero-order valence-electron chi connectivity index (χ0n) is 22.2. The molecule has 36 heavy (non-hydrogen) atoms. The highest BCUT2D eigenvalue weighted by Crippen LogP contribution is 2.27. The second-order valence-corrected chi connectivity index (χ2v) is 10.0. The van der Waals surface area contributed by atoms with Crippen LogP contribution in [-0.4, -0.2) is 0 Å². The van der Waals surface area contributed by atoms with Crippen molar-refractivity contribution in [1.29, 1.82) is 0 Å². The van der Waals surface area contributed by atoms with Crippen LogP contribution in [-0.2, 0) is 12.8 Å². The van der Waals surface area contributed by atoms with Crippen molar-refractivity contribution in [1.82, 2.24) is 0 Å². The molecule has 0 aromatic heterocycles. The molecule has 0 aliphatic heterocycles. The number of unbranched alkanes of at least 4 members (excludes halogenated alkanes) is 6. The zero-order valence-corrected chi connectivity index (χ0v) is 22.2. The molecule has 0 aliphatic carbocycles. The molecule has 0 aliphatic rings. The van der Waals surface area contributed by atoms with E-state index in [1.54, 1.807) is 0 Å². The van der Waals surface area contributed by atoms with Crippen LogP contribution in [0.5, 0.6) is 0 Å². The fourth-order valence-electron chi connectivity index (χ4n) is 4.76. The lowest BCUT2D eigenvalue weighted by Gasteiger charge is -2.11. The number of hydrogen-bond acceptors (Lipinski definition) is 2. The number of aryl methyl sites for hydroxylation is 2. The van der Waals surface area contributed by atoms with Gasteiger partial charge in [0.1, 0.15) is 0 Å². The largest absolute Gasteiger partial charge is 0.356 e. The molecule has 0 saturated carbocycles. The van der Waals surface area contributed by atoms with Crippen molar-refractivity contribution in [2.45, 2.75) is 78.1 Å². The van der Waals surface area contributed by atoms with Gasteiger partial charge in [0, 0.05) is 22.7 Å². The van der Waals surface area contributed by atoms with E-state index in [4.69, 9.17) is 0 Å². The fourth-order valence-corrected chi connectivity index (χ4v) is 4.76. The van der Waals surface area contributed by atoms with Crippen LogP contribution < -0.4 is 10.6 Å².